The van der Waals surface area contributed by atoms with E-state index in [1.807, 2.05) is 0 Å². The fraction of sp³-hybridized carbons (Fsp3) is 0.571. The highest BCUT2D eigenvalue weighted by Gasteiger charge is 2.23. The van der Waals surface area contributed by atoms with E-state index >= 15 is 0 Å². The molecule has 1 atom stereocenters. The van der Waals surface area contributed by atoms with Crippen molar-refractivity contribution in [2.45, 2.75) is 19.9 Å². The van der Waals surface area contributed by atoms with Crippen LogP contribution in [0.15, 0.2) is 18.2 Å². The van der Waals surface area contributed by atoms with Gasteiger partial charge in [-0.3, -0.25) is 4.90 Å². The summed E-state index contributed by atoms with van der Waals surface area (Å²) in [6.07, 6.45) is 0. The largest absolute Gasteiger partial charge is 0.314 e. The van der Waals surface area contributed by atoms with E-state index in [1.165, 1.54) is 11.1 Å². The Morgan fingerprint density at radius 3 is 2.50 bits per heavy atom. The lowest BCUT2D eigenvalue weighted by molar-refractivity contribution is 0.147. The molecular formula is C14H22ClFN2. The summed E-state index contributed by atoms with van der Waals surface area (Å²) in [6.45, 7) is 7.63. The second kappa shape index (κ2) is 7.07. The second-order valence-electron chi connectivity index (χ2n) is 4.82. The van der Waals surface area contributed by atoms with Gasteiger partial charge in [-0.05, 0) is 25.0 Å². The van der Waals surface area contributed by atoms with Gasteiger partial charge in [0, 0.05) is 26.2 Å². The Morgan fingerprint density at radius 2 is 1.94 bits per heavy atom. The van der Waals surface area contributed by atoms with Gasteiger partial charge >= 0.3 is 0 Å². The molecule has 0 aromatic heterocycles. The Kier molecular flexibility index (Phi) is 6.06. The van der Waals surface area contributed by atoms with Crippen molar-refractivity contribution >= 4 is 12.4 Å². The number of halogens is 2. The second-order valence-corrected chi connectivity index (χ2v) is 4.82. The molecule has 0 amide bonds. The minimum atomic E-state index is -0.302. The van der Waals surface area contributed by atoms with Gasteiger partial charge < -0.3 is 5.32 Å². The SMILES string of the molecule is Cc1ccc([C@H](CF)N2CCNCC2)c(C)c1.Cl. The van der Waals surface area contributed by atoms with E-state index in [9.17, 15) is 4.39 Å². The fourth-order valence-corrected chi connectivity index (χ4v) is 2.57. The minimum Gasteiger partial charge on any atom is -0.314 e. The molecule has 1 aliphatic rings. The highest BCUT2D eigenvalue weighted by Crippen LogP contribution is 2.25. The summed E-state index contributed by atoms with van der Waals surface area (Å²) in [5, 5.41) is 3.30. The van der Waals surface area contributed by atoms with Gasteiger partial charge in [0.15, 0.2) is 0 Å². The van der Waals surface area contributed by atoms with Gasteiger partial charge in [0.2, 0.25) is 0 Å². The molecule has 4 heteroatoms. The van der Waals surface area contributed by atoms with E-state index < -0.39 is 0 Å². The number of piperazine rings is 1. The Morgan fingerprint density at radius 1 is 1.28 bits per heavy atom. The van der Waals surface area contributed by atoms with Crippen LogP contribution in [-0.4, -0.2) is 37.8 Å². The Balaban J connectivity index is 0.00000162. The smallest absolute Gasteiger partial charge is 0.109 e. The number of nitrogens with zero attached hydrogens (tertiary/aromatic N) is 1. The van der Waals surface area contributed by atoms with Crippen LogP contribution in [-0.2, 0) is 0 Å². The van der Waals surface area contributed by atoms with E-state index in [2.05, 4.69) is 42.3 Å². The van der Waals surface area contributed by atoms with Crippen LogP contribution >= 0.6 is 12.4 Å². The molecule has 2 rings (SSSR count). The number of benzene rings is 1. The first-order valence-corrected chi connectivity index (χ1v) is 6.30. The molecule has 0 saturated carbocycles. The van der Waals surface area contributed by atoms with Crippen molar-refractivity contribution in [2.24, 2.45) is 0 Å². The summed E-state index contributed by atoms with van der Waals surface area (Å²) >= 11 is 0. The van der Waals surface area contributed by atoms with Crippen LogP contribution < -0.4 is 5.32 Å². The number of hydrogen-bond acceptors (Lipinski definition) is 2. The van der Waals surface area contributed by atoms with E-state index in [1.54, 1.807) is 0 Å². The van der Waals surface area contributed by atoms with Gasteiger partial charge in [-0.25, -0.2) is 4.39 Å². The monoisotopic (exact) mass is 272 g/mol. The van der Waals surface area contributed by atoms with Crippen molar-refractivity contribution in [3.63, 3.8) is 0 Å². The fourth-order valence-electron chi connectivity index (χ4n) is 2.57. The minimum absolute atomic E-state index is 0. The van der Waals surface area contributed by atoms with Crippen LogP contribution in [0.1, 0.15) is 22.7 Å². The van der Waals surface area contributed by atoms with E-state index in [4.69, 9.17) is 0 Å². The predicted molar refractivity (Wildman–Crippen MR) is 76.3 cm³/mol. The van der Waals surface area contributed by atoms with Crippen molar-refractivity contribution in [2.75, 3.05) is 32.9 Å². The summed E-state index contributed by atoms with van der Waals surface area (Å²) in [5.41, 5.74) is 3.58. The van der Waals surface area contributed by atoms with Gasteiger partial charge in [-0.1, -0.05) is 23.8 Å². The third-order valence-corrected chi connectivity index (χ3v) is 3.52. The van der Waals surface area contributed by atoms with Crippen LogP contribution in [0.2, 0.25) is 0 Å². The molecule has 2 nitrogen and oxygen atoms in total. The van der Waals surface area contributed by atoms with Crippen molar-refractivity contribution in [3.8, 4) is 0 Å². The first-order valence-electron chi connectivity index (χ1n) is 6.30. The van der Waals surface area contributed by atoms with E-state index in [0.717, 1.165) is 31.7 Å². The molecule has 1 aliphatic heterocycles. The first-order chi connectivity index (χ1) is 8.22. The van der Waals surface area contributed by atoms with Gasteiger partial charge in [-0.2, -0.15) is 0 Å². The van der Waals surface area contributed by atoms with Gasteiger partial charge in [0.05, 0.1) is 6.04 Å². The van der Waals surface area contributed by atoms with Crippen LogP contribution in [0, 0.1) is 13.8 Å². The molecule has 1 aromatic rings. The molecule has 0 radical (unpaired) electrons. The van der Waals surface area contributed by atoms with Crippen LogP contribution in [0.4, 0.5) is 4.39 Å². The molecule has 102 valence electrons. The standard InChI is InChI=1S/C14H21FN2.ClH/c1-11-3-4-13(12(2)9-11)14(10-15)17-7-5-16-6-8-17;/h3-4,9,14,16H,5-8,10H2,1-2H3;1H/t14-;/m0./s1. The number of aryl methyl sites for hydroxylation is 2. The zero-order valence-electron chi connectivity index (χ0n) is 11.1. The number of alkyl halides is 1. The summed E-state index contributed by atoms with van der Waals surface area (Å²) in [6, 6.07) is 6.22. The molecule has 18 heavy (non-hydrogen) atoms. The molecule has 1 fully saturated rings. The molecule has 0 bridgehead atoms. The zero-order chi connectivity index (χ0) is 12.3. The van der Waals surface area contributed by atoms with Gasteiger partial charge in [0.1, 0.15) is 6.67 Å². The Bertz CT molecular complexity index is 378. The summed E-state index contributed by atoms with van der Waals surface area (Å²) in [4.78, 5) is 2.24. The maximum atomic E-state index is 13.3. The van der Waals surface area contributed by atoms with Crippen LogP contribution in [0.25, 0.3) is 0 Å². The van der Waals surface area contributed by atoms with Crippen molar-refractivity contribution < 1.29 is 4.39 Å². The molecule has 1 N–H and O–H groups in total. The molecule has 0 aliphatic carbocycles. The summed E-state index contributed by atoms with van der Waals surface area (Å²) < 4.78 is 13.3. The zero-order valence-corrected chi connectivity index (χ0v) is 11.9. The lowest BCUT2D eigenvalue weighted by Crippen LogP contribution is -2.45. The van der Waals surface area contributed by atoms with E-state index in [-0.39, 0.29) is 25.1 Å². The molecule has 1 aromatic carbocycles. The van der Waals surface area contributed by atoms with Gasteiger partial charge in [-0.15, -0.1) is 12.4 Å². The normalized spacial score (nSPS) is 18.2. The maximum absolute atomic E-state index is 13.3. The number of rotatable bonds is 3. The lowest BCUT2D eigenvalue weighted by atomic mass is 9.98. The van der Waals surface area contributed by atoms with Crippen molar-refractivity contribution in [1.82, 2.24) is 10.2 Å². The highest BCUT2D eigenvalue weighted by atomic mass is 35.5. The maximum Gasteiger partial charge on any atom is 0.109 e. The van der Waals surface area contributed by atoms with E-state index in [0.29, 0.717) is 0 Å². The quantitative estimate of drug-likeness (QED) is 0.910. The summed E-state index contributed by atoms with van der Waals surface area (Å²) in [7, 11) is 0. The van der Waals surface area contributed by atoms with Crippen LogP contribution in [0.5, 0.6) is 0 Å². The number of hydrogen-bond donors (Lipinski definition) is 1. The summed E-state index contributed by atoms with van der Waals surface area (Å²) in [5.74, 6) is 0. The average molecular weight is 273 g/mol. The topological polar surface area (TPSA) is 15.3 Å². The molecule has 0 unspecified atom stereocenters. The molecule has 1 heterocycles. The highest BCUT2D eigenvalue weighted by molar-refractivity contribution is 5.85. The third kappa shape index (κ3) is 3.44. The average Bonchev–Trinajstić information content (AvgIpc) is 2.34. The van der Waals surface area contributed by atoms with Gasteiger partial charge in [0.25, 0.3) is 0 Å². The lowest BCUT2D eigenvalue weighted by Gasteiger charge is -2.34. The number of nitrogens with one attached hydrogen (secondary N) is 1. The molecular weight excluding hydrogens is 251 g/mol. The molecule has 1 saturated heterocycles. The molecule has 0 spiro atoms. The third-order valence-electron chi connectivity index (χ3n) is 3.52. The van der Waals surface area contributed by atoms with Crippen LogP contribution in [0.3, 0.4) is 0 Å². The Hall–Kier alpha value is -0.640. The Labute approximate surface area is 115 Å². The first kappa shape index (κ1) is 15.4. The van der Waals surface area contributed by atoms with Crippen molar-refractivity contribution in [3.05, 3.63) is 34.9 Å². The van der Waals surface area contributed by atoms with Crippen molar-refractivity contribution in [1.29, 1.82) is 0 Å². The predicted octanol–water partition coefficient (Wildman–Crippen LogP) is 2.64.